The van der Waals surface area contributed by atoms with E-state index in [0.29, 0.717) is 24.1 Å². The topological polar surface area (TPSA) is 66.9 Å². The van der Waals surface area contributed by atoms with E-state index in [9.17, 15) is 4.79 Å². The molecule has 5 heteroatoms. The maximum absolute atomic E-state index is 11.7. The van der Waals surface area contributed by atoms with Gasteiger partial charge in [-0.3, -0.25) is 4.79 Å². The maximum Gasteiger partial charge on any atom is 0.254 e. The lowest BCUT2D eigenvalue weighted by atomic mass is 10.3. The van der Waals surface area contributed by atoms with E-state index < -0.39 is 0 Å². The SMILES string of the molecule is CCCCNC(=O)c1cnc(NC2CC2)nc1. The van der Waals surface area contributed by atoms with Crippen LogP contribution in [0.2, 0.25) is 0 Å². The molecule has 1 fully saturated rings. The van der Waals surface area contributed by atoms with Crippen molar-refractivity contribution >= 4 is 11.9 Å². The molecule has 0 atom stereocenters. The number of carbonyl (C=O) groups is 1. The Morgan fingerprint density at radius 3 is 2.71 bits per heavy atom. The molecule has 1 aliphatic rings. The molecule has 0 aliphatic heterocycles. The van der Waals surface area contributed by atoms with Gasteiger partial charge in [0.2, 0.25) is 5.95 Å². The maximum atomic E-state index is 11.7. The molecule has 1 amide bonds. The lowest BCUT2D eigenvalue weighted by molar-refractivity contribution is 0.0952. The third-order valence-electron chi connectivity index (χ3n) is 2.64. The summed E-state index contributed by atoms with van der Waals surface area (Å²) in [6.07, 6.45) is 7.57. The number of nitrogens with one attached hydrogen (secondary N) is 2. The summed E-state index contributed by atoms with van der Waals surface area (Å²) in [5, 5.41) is 6.01. The summed E-state index contributed by atoms with van der Waals surface area (Å²) in [7, 11) is 0. The third kappa shape index (κ3) is 3.69. The average Bonchev–Trinajstić information content (AvgIpc) is 3.14. The normalized spacial score (nSPS) is 14.4. The van der Waals surface area contributed by atoms with E-state index in [1.807, 2.05) is 0 Å². The summed E-state index contributed by atoms with van der Waals surface area (Å²) < 4.78 is 0. The first-order valence-corrected chi connectivity index (χ1v) is 6.16. The number of aromatic nitrogens is 2. The minimum atomic E-state index is -0.101. The van der Waals surface area contributed by atoms with Gasteiger partial charge in [0.15, 0.2) is 0 Å². The molecule has 1 saturated carbocycles. The van der Waals surface area contributed by atoms with Crippen molar-refractivity contribution in [3.8, 4) is 0 Å². The molecule has 2 rings (SSSR count). The lowest BCUT2D eigenvalue weighted by Gasteiger charge is -2.05. The van der Waals surface area contributed by atoms with Gasteiger partial charge in [0, 0.05) is 25.0 Å². The van der Waals surface area contributed by atoms with E-state index in [2.05, 4.69) is 27.5 Å². The Kier molecular flexibility index (Phi) is 3.90. The third-order valence-corrected chi connectivity index (χ3v) is 2.64. The van der Waals surface area contributed by atoms with Gasteiger partial charge in [-0.15, -0.1) is 0 Å². The van der Waals surface area contributed by atoms with Crippen LogP contribution in [0.3, 0.4) is 0 Å². The van der Waals surface area contributed by atoms with Crippen LogP contribution in [0.25, 0.3) is 0 Å². The zero-order valence-electron chi connectivity index (χ0n) is 10.1. The van der Waals surface area contributed by atoms with Crippen LogP contribution >= 0.6 is 0 Å². The molecule has 5 nitrogen and oxygen atoms in total. The second kappa shape index (κ2) is 5.61. The highest BCUT2D eigenvalue weighted by atomic mass is 16.1. The van der Waals surface area contributed by atoms with Crippen LogP contribution in [0.15, 0.2) is 12.4 Å². The van der Waals surface area contributed by atoms with Crippen LogP contribution in [0.5, 0.6) is 0 Å². The van der Waals surface area contributed by atoms with E-state index in [4.69, 9.17) is 0 Å². The molecular weight excluding hydrogens is 216 g/mol. The number of rotatable bonds is 6. The highest BCUT2D eigenvalue weighted by Crippen LogP contribution is 2.22. The number of unbranched alkanes of at least 4 members (excludes halogenated alkanes) is 1. The van der Waals surface area contributed by atoms with Crippen LogP contribution in [0.4, 0.5) is 5.95 Å². The number of amides is 1. The Morgan fingerprint density at radius 2 is 2.12 bits per heavy atom. The molecule has 1 aliphatic carbocycles. The van der Waals surface area contributed by atoms with Crippen molar-refractivity contribution in [2.45, 2.75) is 38.6 Å². The number of nitrogens with zero attached hydrogens (tertiary/aromatic N) is 2. The minimum absolute atomic E-state index is 0.101. The standard InChI is InChI=1S/C12H18N4O/c1-2-3-6-13-11(17)9-7-14-12(15-8-9)16-10-4-5-10/h7-8,10H,2-6H2,1H3,(H,13,17)(H,14,15,16). The molecule has 1 aromatic rings. The van der Waals surface area contributed by atoms with Gasteiger partial charge in [-0.25, -0.2) is 9.97 Å². The summed E-state index contributed by atoms with van der Waals surface area (Å²) in [5.74, 6) is 0.508. The Labute approximate surface area is 101 Å². The van der Waals surface area contributed by atoms with Crippen LogP contribution < -0.4 is 10.6 Å². The van der Waals surface area contributed by atoms with Crippen molar-refractivity contribution in [1.82, 2.24) is 15.3 Å². The quantitative estimate of drug-likeness (QED) is 0.733. The van der Waals surface area contributed by atoms with E-state index in [1.165, 1.54) is 12.8 Å². The van der Waals surface area contributed by atoms with Crippen LogP contribution in [0.1, 0.15) is 43.0 Å². The highest BCUT2D eigenvalue weighted by Gasteiger charge is 2.21. The number of anilines is 1. The Morgan fingerprint density at radius 1 is 1.41 bits per heavy atom. The van der Waals surface area contributed by atoms with E-state index in [-0.39, 0.29) is 5.91 Å². The highest BCUT2D eigenvalue weighted by molar-refractivity contribution is 5.93. The molecule has 0 saturated heterocycles. The molecule has 0 bridgehead atoms. The fraction of sp³-hybridized carbons (Fsp3) is 0.583. The summed E-state index contributed by atoms with van der Waals surface area (Å²) in [6.45, 7) is 2.80. The van der Waals surface area contributed by atoms with Crippen molar-refractivity contribution in [3.63, 3.8) is 0 Å². The molecule has 2 N–H and O–H groups in total. The Bertz CT molecular complexity index is 373. The minimum Gasteiger partial charge on any atom is -0.352 e. The van der Waals surface area contributed by atoms with Gasteiger partial charge in [-0.1, -0.05) is 13.3 Å². The predicted molar refractivity (Wildman–Crippen MR) is 65.9 cm³/mol. The van der Waals surface area contributed by atoms with Crippen molar-refractivity contribution in [2.24, 2.45) is 0 Å². The van der Waals surface area contributed by atoms with Crippen LogP contribution in [0, 0.1) is 0 Å². The summed E-state index contributed by atoms with van der Waals surface area (Å²) in [5.41, 5.74) is 0.516. The van der Waals surface area contributed by atoms with Gasteiger partial charge in [0.25, 0.3) is 5.91 Å². The number of hydrogen-bond donors (Lipinski definition) is 2. The predicted octanol–water partition coefficient (Wildman–Crippen LogP) is 1.58. The lowest BCUT2D eigenvalue weighted by Crippen LogP contribution is -2.24. The van der Waals surface area contributed by atoms with E-state index >= 15 is 0 Å². The number of carbonyl (C=O) groups excluding carboxylic acids is 1. The largest absolute Gasteiger partial charge is 0.352 e. The first-order chi connectivity index (χ1) is 8.29. The summed E-state index contributed by atoms with van der Waals surface area (Å²) in [6, 6.07) is 0.527. The van der Waals surface area contributed by atoms with Crippen molar-refractivity contribution in [3.05, 3.63) is 18.0 Å². The average molecular weight is 234 g/mol. The zero-order valence-corrected chi connectivity index (χ0v) is 10.1. The van der Waals surface area contributed by atoms with Gasteiger partial charge in [0.05, 0.1) is 5.56 Å². The van der Waals surface area contributed by atoms with Crippen LogP contribution in [-0.2, 0) is 0 Å². The smallest absolute Gasteiger partial charge is 0.254 e. The molecule has 92 valence electrons. The summed E-state index contributed by atoms with van der Waals surface area (Å²) in [4.78, 5) is 19.9. The van der Waals surface area contributed by atoms with Gasteiger partial charge in [-0.2, -0.15) is 0 Å². The van der Waals surface area contributed by atoms with Crippen molar-refractivity contribution in [1.29, 1.82) is 0 Å². The van der Waals surface area contributed by atoms with Gasteiger partial charge in [0.1, 0.15) is 0 Å². The second-order valence-electron chi connectivity index (χ2n) is 4.32. The zero-order chi connectivity index (χ0) is 12.1. The fourth-order valence-corrected chi connectivity index (χ4v) is 1.41. The van der Waals surface area contributed by atoms with Gasteiger partial charge < -0.3 is 10.6 Å². The molecule has 0 spiro atoms. The monoisotopic (exact) mass is 234 g/mol. The molecule has 0 radical (unpaired) electrons. The molecular formula is C12H18N4O. The van der Waals surface area contributed by atoms with E-state index in [1.54, 1.807) is 12.4 Å². The number of hydrogen-bond acceptors (Lipinski definition) is 4. The summed E-state index contributed by atoms with van der Waals surface area (Å²) >= 11 is 0. The first-order valence-electron chi connectivity index (χ1n) is 6.16. The molecule has 1 aromatic heterocycles. The molecule has 17 heavy (non-hydrogen) atoms. The van der Waals surface area contributed by atoms with E-state index in [0.717, 1.165) is 12.8 Å². The second-order valence-corrected chi connectivity index (χ2v) is 4.32. The van der Waals surface area contributed by atoms with Gasteiger partial charge >= 0.3 is 0 Å². The first kappa shape index (κ1) is 11.8. The van der Waals surface area contributed by atoms with Gasteiger partial charge in [-0.05, 0) is 19.3 Å². The Balaban J connectivity index is 1.85. The molecule has 0 unspecified atom stereocenters. The van der Waals surface area contributed by atoms with Crippen molar-refractivity contribution < 1.29 is 4.79 Å². The Hall–Kier alpha value is -1.65. The fourth-order valence-electron chi connectivity index (χ4n) is 1.41. The van der Waals surface area contributed by atoms with Crippen molar-refractivity contribution in [2.75, 3.05) is 11.9 Å². The molecule has 0 aromatic carbocycles. The van der Waals surface area contributed by atoms with Crippen LogP contribution in [-0.4, -0.2) is 28.5 Å². The molecule has 1 heterocycles.